The van der Waals surface area contributed by atoms with Gasteiger partial charge in [0.1, 0.15) is 16.4 Å². The lowest BCUT2D eigenvalue weighted by Crippen LogP contribution is -2.41. The van der Waals surface area contributed by atoms with Crippen LogP contribution >= 0.6 is 22.7 Å². The zero-order valence-electron chi connectivity index (χ0n) is 29.0. The number of anilines is 2. The van der Waals surface area contributed by atoms with E-state index in [4.69, 9.17) is 15.5 Å². The number of nitrogen functional groups attached to an aromatic ring is 1. The van der Waals surface area contributed by atoms with Gasteiger partial charge in [-0.1, -0.05) is 36.4 Å². The van der Waals surface area contributed by atoms with Gasteiger partial charge < -0.3 is 15.4 Å². The summed E-state index contributed by atoms with van der Waals surface area (Å²) < 4.78 is 46.0. The highest BCUT2D eigenvalue weighted by atomic mass is 32.2. The van der Waals surface area contributed by atoms with Crippen LogP contribution in [-0.2, 0) is 21.2 Å². The van der Waals surface area contributed by atoms with Gasteiger partial charge in [0.05, 0.1) is 16.4 Å². The van der Waals surface area contributed by atoms with Crippen LogP contribution in [0.3, 0.4) is 0 Å². The van der Waals surface area contributed by atoms with E-state index in [0.29, 0.717) is 39.1 Å². The Bertz CT molecular complexity index is 3010. The first-order valence-corrected chi connectivity index (χ1v) is 20.1. The number of hydrogen-bond acceptors (Lipinski definition) is 8. The van der Waals surface area contributed by atoms with Crippen LogP contribution in [0, 0.1) is 0 Å². The molecule has 2 aromatic heterocycles. The third-order valence-corrected chi connectivity index (χ3v) is 14.3. The largest absolute Gasteiger partial charge is 0.456 e. The summed E-state index contributed by atoms with van der Waals surface area (Å²) in [5.74, 6) is 1.13. The first kappa shape index (κ1) is 31.7. The van der Waals surface area contributed by atoms with Gasteiger partial charge in [-0.25, -0.2) is 0 Å². The third kappa shape index (κ3) is 4.26. The Morgan fingerprint density at radius 3 is 2.10 bits per heavy atom. The van der Waals surface area contributed by atoms with E-state index in [-0.39, 0.29) is 10.4 Å². The van der Waals surface area contributed by atoms with Gasteiger partial charge >= 0.3 is 0 Å². The molecule has 10 heteroatoms. The molecule has 0 saturated heterocycles. The second kappa shape index (κ2) is 10.3. The second-order valence-electron chi connectivity index (χ2n) is 14.8. The maximum absolute atomic E-state index is 13.1. The Hall–Kier alpha value is -5.00. The number of fused-ring (bicyclic) bond motifs is 12. The molecule has 258 valence electrons. The highest BCUT2D eigenvalue weighted by molar-refractivity contribution is 7.86. The van der Waals surface area contributed by atoms with E-state index in [0.717, 1.165) is 31.9 Å². The number of ether oxygens (including phenoxy) is 1. The Balaban J connectivity index is 1.35. The quantitative estimate of drug-likeness (QED) is 0.135. The maximum Gasteiger partial charge on any atom is 0.295 e. The van der Waals surface area contributed by atoms with E-state index < -0.39 is 15.7 Å². The summed E-state index contributed by atoms with van der Waals surface area (Å²) >= 11 is 3.49. The summed E-state index contributed by atoms with van der Waals surface area (Å²) in [6, 6.07) is 29.6. The van der Waals surface area contributed by atoms with E-state index in [9.17, 15) is 13.0 Å². The molecule has 3 aliphatic heterocycles. The van der Waals surface area contributed by atoms with Gasteiger partial charge in [0, 0.05) is 93.9 Å². The minimum absolute atomic E-state index is 0.222. The van der Waals surface area contributed by atoms with Crippen LogP contribution in [-0.4, -0.2) is 20.0 Å². The Labute approximate surface area is 308 Å². The van der Waals surface area contributed by atoms with E-state index in [1.54, 1.807) is 28.7 Å². The average Bonchev–Trinajstić information content (AvgIpc) is 3.69. The lowest BCUT2D eigenvalue weighted by molar-refractivity contribution is 0.467. The molecule has 5 heterocycles. The summed E-state index contributed by atoms with van der Waals surface area (Å²) in [6.07, 6.45) is 0. The van der Waals surface area contributed by atoms with E-state index in [2.05, 4.69) is 106 Å². The van der Waals surface area contributed by atoms with Crippen molar-refractivity contribution >= 4 is 69.9 Å². The van der Waals surface area contributed by atoms with Crippen molar-refractivity contribution in [1.29, 1.82) is 0 Å². The van der Waals surface area contributed by atoms with Crippen LogP contribution < -0.4 is 25.9 Å². The molecule has 0 spiro atoms. The molecule has 0 aliphatic carbocycles. The fourth-order valence-corrected chi connectivity index (χ4v) is 11.9. The zero-order valence-corrected chi connectivity index (χ0v) is 31.5. The maximum atomic E-state index is 13.1. The molecular formula is C42H33N3O4S3. The molecule has 0 unspecified atom stereocenters. The lowest BCUT2D eigenvalue weighted by atomic mass is 9.82. The van der Waals surface area contributed by atoms with E-state index in [1.165, 1.54) is 43.4 Å². The Kier molecular flexibility index (Phi) is 6.29. The van der Waals surface area contributed by atoms with Crippen LogP contribution in [0.25, 0.3) is 46.6 Å². The van der Waals surface area contributed by atoms with Crippen LogP contribution in [0.2, 0.25) is 0 Å². The van der Waals surface area contributed by atoms with Gasteiger partial charge in [-0.2, -0.15) is 8.42 Å². The first-order chi connectivity index (χ1) is 24.7. The molecule has 10 rings (SSSR count). The molecule has 0 fully saturated rings. The summed E-state index contributed by atoms with van der Waals surface area (Å²) in [6.45, 7) is 8.75. The van der Waals surface area contributed by atoms with E-state index >= 15 is 0 Å². The van der Waals surface area contributed by atoms with Gasteiger partial charge in [-0.05, 0) is 80.9 Å². The van der Waals surface area contributed by atoms with Gasteiger partial charge in [-0.3, -0.25) is 9.55 Å². The molecule has 3 N–H and O–H groups in total. The van der Waals surface area contributed by atoms with Crippen molar-refractivity contribution < 1.29 is 17.7 Å². The third-order valence-electron chi connectivity index (χ3n) is 11.0. The van der Waals surface area contributed by atoms with Crippen molar-refractivity contribution in [3.8, 4) is 32.4 Å². The predicted octanol–water partition coefficient (Wildman–Crippen LogP) is 9.19. The fourth-order valence-electron chi connectivity index (χ4n) is 8.46. The van der Waals surface area contributed by atoms with Crippen LogP contribution in [0.15, 0.2) is 101 Å². The number of hydrogen-bond donors (Lipinski definition) is 2. The van der Waals surface area contributed by atoms with Crippen LogP contribution in [0.5, 0.6) is 11.5 Å². The molecule has 7 aromatic rings. The van der Waals surface area contributed by atoms with E-state index in [1.807, 2.05) is 6.07 Å². The molecule has 7 nitrogen and oxygen atoms in total. The zero-order chi connectivity index (χ0) is 36.1. The summed E-state index contributed by atoms with van der Waals surface area (Å²) in [5, 5.41) is 3.89. The van der Waals surface area contributed by atoms with Crippen LogP contribution in [0.4, 0.5) is 11.4 Å². The molecule has 0 atom stereocenters. The van der Waals surface area contributed by atoms with Crippen molar-refractivity contribution in [3.05, 3.63) is 124 Å². The Morgan fingerprint density at radius 1 is 0.750 bits per heavy atom. The number of rotatable bonds is 2. The minimum atomic E-state index is -4.65. The molecule has 5 aromatic carbocycles. The molecule has 3 aliphatic rings. The fraction of sp³-hybridized carbons (Fsp3) is 0.167. The van der Waals surface area contributed by atoms with Crippen molar-refractivity contribution in [3.63, 3.8) is 0 Å². The standard InChI is InChI=1S/C42H33N3O4S3/c1-41(2)37-22-10-6-8-12-33(22)50-39(37)24-17-26-31(19-29(24)44-41)49-32-20-30-25(18-27(32)36(26)28-16-21(43)14-15-35(28)52(46,47)48)40-38(42(3,4)45(30)5)23-11-7-9-13-34(23)51-40/h6-20H,43H2,1-5H3,(H,46,47,48). The molecule has 0 amide bonds. The molecule has 0 radical (unpaired) electrons. The highest BCUT2D eigenvalue weighted by Crippen LogP contribution is 2.56. The molecule has 52 heavy (non-hydrogen) atoms. The smallest absolute Gasteiger partial charge is 0.295 e. The van der Waals surface area contributed by atoms with Gasteiger partial charge in [0.15, 0.2) is 0 Å². The summed E-state index contributed by atoms with van der Waals surface area (Å²) in [5.41, 5.74) is 13.0. The molecular weight excluding hydrogens is 707 g/mol. The summed E-state index contributed by atoms with van der Waals surface area (Å²) in [7, 11) is -2.54. The van der Waals surface area contributed by atoms with Crippen LogP contribution in [0.1, 0.15) is 49.9 Å². The number of nitrogens with two attached hydrogens (primary N) is 1. The number of benzene rings is 5. The van der Waals surface area contributed by atoms with Gasteiger partial charge in [0.2, 0.25) is 0 Å². The molecule has 0 saturated carbocycles. The lowest BCUT2D eigenvalue weighted by Gasteiger charge is -2.43. The second-order valence-corrected chi connectivity index (χ2v) is 18.3. The average molecular weight is 740 g/mol. The number of nitrogens with zero attached hydrogens (tertiary/aromatic N) is 2. The van der Waals surface area contributed by atoms with Crippen molar-refractivity contribution in [2.45, 2.75) is 43.7 Å². The minimum Gasteiger partial charge on any atom is -0.456 e. The van der Waals surface area contributed by atoms with Gasteiger partial charge in [-0.15, -0.1) is 22.7 Å². The van der Waals surface area contributed by atoms with Gasteiger partial charge in [0.25, 0.3) is 10.1 Å². The summed E-state index contributed by atoms with van der Waals surface area (Å²) in [4.78, 5) is 9.63. The monoisotopic (exact) mass is 739 g/mol. The SMILES string of the molecule is CN1c2cc3c(cc2-c2sc4ccccc4c2C1(C)C)C(c1cc(N)ccc1S(=O)(=O)O)=c1cc2c(cc1O3)=NC(C)(C)c1c-2sc2ccccc12. The predicted molar refractivity (Wildman–Crippen MR) is 212 cm³/mol. The first-order valence-electron chi connectivity index (χ1n) is 17.0. The van der Waals surface area contributed by atoms with Crippen molar-refractivity contribution in [1.82, 2.24) is 0 Å². The number of thiophene rings is 2. The normalized spacial score (nSPS) is 16.3. The topological polar surface area (TPSA) is 105 Å². The Morgan fingerprint density at radius 2 is 1.40 bits per heavy atom. The highest BCUT2D eigenvalue weighted by Gasteiger charge is 2.40. The van der Waals surface area contributed by atoms with Crippen molar-refractivity contribution in [2.24, 2.45) is 4.99 Å². The van der Waals surface area contributed by atoms with Crippen molar-refractivity contribution in [2.75, 3.05) is 17.7 Å². The molecule has 0 bridgehead atoms.